The Morgan fingerprint density at radius 1 is 1.56 bits per heavy atom. The fourth-order valence-corrected chi connectivity index (χ4v) is 2.84. The largest absolute Gasteiger partial charge is 0.396 e. The molecule has 0 saturated carbocycles. The minimum atomic E-state index is 0.0392. The summed E-state index contributed by atoms with van der Waals surface area (Å²) in [7, 11) is 0. The van der Waals surface area contributed by atoms with Crippen LogP contribution in [0.4, 0.5) is 0 Å². The summed E-state index contributed by atoms with van der Waals surface area (Å²) in [5, 5.41) is 9.33. The molecule has 4 nitrogen and oxygen atoms in total. The van der Waals surface area contributed by atoms with Crippen molar-refractivity contribution in [2.24, 2.45) is 11.7 Å². The summed E-state index contributed by atoms with van der Waals surface area (Å²) in [4.78, 5) is 6.81. The lowest BCUT2D eigenvalue weighted by atomic mass is 9.94. The number of hydrogen-bond donors (Lipinski definition) is 2. The minimum Gasteiger partial charge on any atom is -0.396 e. The molecule has 100 valence electrons. The lowest BCUT2D eigenvalue weighted by Gasteiger charge is -2.39. The van der Waals surface area contributed by atoms with Gasteiger partial charge in [-0.1, -0.05) is 6.07 Å². The van der Waals surface area contributed by atoms with Crippen LogP contribution in [-0.4, -0.2) is 40.7 Å². The average Bonchev–Trinajstić information content (AvgIpc) is 2.40. The van der Waals surface area contributed by atoms with Crippen molar-refractivity contribution in [3.63, 3.8) is 0 Å². The molecule has 18 heavy (non-hydrogen) atoms. The third kappa shape index (κ3) is 3.07. The van der Waals surface area contributed by atoms with Gasteiger partial charge in [0.25, 0.3) is 0 Å². The second-order valence-electron chi connectivity index (χ2n) is 5.24. The van der Waals surface area contributed by atoms with E-state index in [0.29, 0.717) is 5.92 Å². The zero-order valence-corrected chi connectivity index (χ0v) is 11.0. The third-order valence-electron chi connectivity index (χ3n) is 3.69. The molecule has 0 bridgehead atoms. The standard InChI is InChI=1S/C14H23N3O/c1-11(15)14(13-6-2-3-7-16-13)17-8-4-5-12(9-17)10-18/h2-3,6-7,11-12,14,18H,4-5,8-10,15H2,1H3. The predicted octanol–water partition coefficient (Wildman–Crippen LogP) is 1.17. The van der Waals surface area contributed by atoms with Crippen molar-refractivity contribution in [3.8, 4) is 0 Å². The number of likely N-dealkylation sites (tertiary alicyclic amines) is 1. The first-order chi connectivity index (χ1) is 8.72. The summed E-state index contributed by atoms with van der Waals surface area (Å²) in [6.07, 6.45) is 4.06. The highest BCUT2D eigenvalue weighted by atomic mass is 16.3. The fourth-order valence-electron chi connectivity index (χ4n) is 2.84. The topological polar surface area (TPSA) is 62.4 Å². The second kappa shape index (κ2) is 6.27. The summed E-state index contributed by atoms with van der Waals surface area (Å²) in [6.45, 7) is 4.25. The van der Waals surface area contributed by atoms with Crippen molar-refractivity contribution in [2.75, 3.05) is 19.7 Å². The quantitative estimate of drug-likeness (QED) is 0.841. The fraction of sp³-hybridized carbons (Fsp3) is 0.643. The van der Waals surface area contributed by atoms with E-state index in [9.17, 15) is 5.11 Å². The van der Waals surface area contributed by atoms with Gasteiger partial charge in [-0.3, -0.25) is 9.88 Å². The third-order valence-corrected chi connectivity index (χ3v) is 3.69. The van der Waals surface area contributed by atoms with Crippen molar-refractivity contribution in [2.45, 2.75) is 31.8 Å². The van der Waals surface area contributed by atoms with Gasteiger partial charge in [0.1, 0.15) is 0 Å². The Morgan fingerprint density at radius 3 is 3.00 bits per heavy atom. The maximum atomic E-state index is 9.33. The molecule has 1 saturated heterocycles. The number of aliphatic hydroxyl groups is 1. The SMILES string of the molecule is CC(N)C(c1ccccn1)N1CCCC(CO)C1. The molecule has 0 radical (unpaired) electrons. The number of piperidine rings is 1. The number of rotatable bonds is 4. The zero-order valence-electron chi connectivity index (χ0n) is 11.0. The van der Waals surface area contributed by atoms with Crippen molar-refractivity contribution in [1.29, 1.82) is 0 Å². The molecular weight excluding hydrogens is 226 g/mol. The number of pyridine rings is 1. The lowest BCUT2D eigenvalue weighted by molar-refractivity contribution is 0.0777. The van der Waals surface area contributed by atoms with Crippen LogP contribution in [0.3, 0.4) is 0 Å². The maximum Gasteiger partial charge on any atom is 0.0671 e. The molecule has 4 heteroatoms. The molecule has 1 fully saturated rings. The van der Waals surface area contributed by atoms with Crippen LogP contribution in [-0.2, 0) is 0 Å². The number of nitrogens with zero attached hydrogens (tertiary/aromatic N) is 2. The van der Waals surface area contributed by atoms with E-state index in [1.54, 1.807) is 0 Å². The Bertz CT molecular complexity index is 355. The van der Waals surface area contributed by atoms with Gasteiger partial charge >= 0.3 is 0 Å². The van der Waals surface area contributed by atoms with Crippen LogP contribution in [0.1, 0.15) is 31.5 Å². The van der Waals surface area contributed by atoms with Crippen LogP contribution in [0.5, 0.6) is 0 Å². The molecule has 2 heterocycles. The molecule has 0 amide bonds. The average molecular weight is 249 g/mol. The first kappa shape index (κ1) is 13.5. The van der Waals surface area contributed by atoms with E-state index in [1.807, 2.05) is 31.3 Å². The molecular formula is C14H23N3O. The highest BCUT2D eigenvalue weighted by molar-refractivity contribution is 5.11. The monoisotopic (exact) mass is 249 g/mol. The Hall–Kier alpha value is -0.970. The molecule has 1 aromatic rings. The van der Waals surface area contributed by atoms with E-state index >= 15 is 0 Å². The van der Waals surface area contributed by atoms with E-state index in [-0.39, 0.29) is 18.7 Å². The molecule has 3 atom stereocenters. The van der Waals surface area contributed by atoms with E-state index in [2.05, 4.69) is 9.88 Å². The summed E-state index contributed by atoms with van der Waals surface area (Å²) in [5.41, 5.74) is 7.18. The smallest absolute Gasteiger partial charge is 0.0671 e. The molecule has 1 aliphatic rings. The van der Waals surface area contributed by atoms with Gasteiger partial charge in [0.15, 0.2) is 0 Å². The van der Waals surface area contributed by atoms with Crippen LogP contribution >= 0.6 is 0 Å². The highest BCUT2D eigenvalue weighted by Gasteiger charge is 2.29. The summed E-state index contributed by atoms with van der Waals surface area (Å²) < 4.78 is 0. The number of aromatic nitrogens is 1. The Kier molecular flexibility index (Phi) is 4.69. The molecule has 3 unspecified atom stereocenters. The van der Waals surface area contributed by atoms with Crippen LogP contribution in [0, 0.1) is 5.92 Å². The van der Waals surface area contributed by atoms with Gasteiger partial charge in [0, 0.05) is 25.4 Å². The zero-order chi connectivity index (χ0) is 13.0. The van der Waals surface area contributed by atoms with Gasteiger partial charge in [0.05, 0.1) is 11.7 Å². The van der Waals surface area contributed by atoms with Gasteiger partial charge < -0.3 is 10.8 Å². The summed E-state index contributed by atoms with van der Waals surface area (Å²) >= 11 is 0. The van der Waals surface area contributed by atoms with Crippen LogP contribution in [0.15, 0.2) is 24.4 Å². The van der Waals surface area contributed by atoms with Gasteiger partial charge in [-0.2, -0.15) is 0 Å². The minimum absolute atomic E-state index is 0.0392. The van der Waals surface area contributed by atoms with Crippen molar-refractivity contribution in [1.82, 2.24) is 9.88 Å². The molecule has 3 N–H and O–H groups in total. The van der Waals surface area contributed by atoms with E-state index in [1.165, 1.54) is 0 Å². The Balaban J connectivity index is 2.15. The van der Waals surface area contributed by atoms with Gasteiger partial charge in [0.2, 0.25) is 0 Å². The summed E-state index contributed by atoms with van der Waals surface area (Å²) in [5.74, 6) is 0.378. The Morgan fingerprint density at radius 2 is 2.39 bits per heavy atom. The molecule has 1 aromatic heterocycles. The van der Waals surface area contributed by atoms with E-state index in [4.69, 9.17) is 5.73 Å². The van der Waals surface area contributed by atoms with Crippen molar-refractivity contribution < 1.29 is 5.11 Å². The number of hydrogen-bond acceptors (Lipinski definition) is 4. The van der Waals surface area contributed by atoms with Crippen LogP contribution in [0.25, 0.3) is 0 Å². The molecule has 0 spiro atoms. The number of aliphatic hydroxyl groups excluding tert-OH is 1. The number of nitrogens with two attached hydrogens (primary N) is 1. The normalized spacial score (nSPS) is 24.7. The molecule has 0 aromatic carbocycles. The van der Waals surface area contributed by atoms with Crippen molar-refractivity contribution >= 4 is 0 Å². The highest BCUT2D eigenvalue weighted by Crippen LogP contribution is 2.27. The van der Waals surface area contributed by atoms with Gasteiger partial charge in [-0.05, 0) is 44.4 Å². The second-order valence-corrected chi connectivity index (χ2v) is 5.24. The van der Waals surface area contributed by atoms with E-state index in [0.717, 1.165) is 31.6 Å². The van der Waals surface area contributed by atoms with Gasteiger partial charge in [-0.25, -0.2) is 0 Å². The van der Waals surface area contributed by atoms with Crippen LogP contribution in [0.2, 0.25) is 0 Å². The Labute approximate surface area is 109 Å². The van der Waals surface area contributed by atoms with Gasteiger partial charge in [-0.15, -0.1) is 0 Å². The predicted molar refractivity (Wildman–Crippen MR) is 72.0 cm³/mol. The maximum absolute atomic E-state index is 9.33. The van der Waals surface area contributed by atoms with E-state index < -0.39 is 0 Å². The van der Waals surface area contributed by atoms with Crippen LogP contribution < -0.4 is 5.73 Å². The first-order valence-corrected chi connectivity index (χ1v) is 6.73. The first-order valence-electron chi connectivity index (χ1n) is 6.73. The summed E-state index contributed by atoms with van der Waals surface area (Å²) in [6, 6.07) is 6.16. The molecule has 1 aliphatic heterocycles. The molecule has 2 rings (SSSR count). The van der Waals surface area contributed by atoms with Crippen molar-refractivity contribution in [3.05, 3.63) is 30.1 Å². The lowest BCUT2D eigenvalue weighted by Crippen LogP contribution is -2.45. The molecule has 0 aliphatic carbocycles.